The SMILES string of the molecule is C=C(C(=O)OC)[C@H](C1C=CC=CC1)[C@@H](O)c1ccccc1. The van der Waals surface area contributed by atoms with Crippen molar-refractivity contribution >= 4 is 5.97 Å². The molecule has 0 radical (unpaired) electrons. The van der Waals surface area contributed by atoms with Crippen LogP contribution < -0.4 is 0 Å². The third kappa shape index (κ3) is 3.50. The fraction of sp³-hybridized carbons (Fsp3) is 0.278. The second kappa shape index (κ2) is 7.04. The number of aliphatic hydroxyl groups excluding tert-OH is 1. The van der Waals surface area contributed by atoms with Gasteiger partial charge in [-0.3, -0.25) is 0 Å². The molecule has 0 spiro atoms. The maximum Gasteiger partial charge on any atom is 0.333 e. The molecule has 3 nitrogen and oxygen atoms in total. The van der Waals surface area contributed by atoms with Gasteiger partial charge < -0.3 is 9.84 Å². The van der Waals surface area contributed by atoms with Crippen molar-refractivity contribution in [3.8, 4) is 0 Å². The molecule has 0 aliphatic heterocycles. The number of rotatable bonds is 5. The quantitative estimate of drug-likeness (QED) is 0.667. The van der Waals surface area contributed by atoms with Gasteiger partial charge in [-0.1, -0.05) is 61.2 Å². The van der Waals surface area contributed by atoms with Gasteiger partial charge in [-0.15, -0.1) is 0 Å². The molecule has 0 fully saturated rings. The molecule has 0 bridgehead atoms. The molecule has 1 aliphatic rings. The Morgan fingerprint density at radius 2 is 2.05 bits per heavy atom. The zero-order valence-electron chi connectivity index (χ0n) is 12.1. The largest absolute Gasteiger partial charge is 0.466 e. The van der Waals surface area contributed by atoms with Gasteiger partial charge >= 0.3 is 5.97 Å². The first-order valence-corrected chi connectivity index (χ1v) is 6.98. The maximum absolute atomic E-state index is 11.9. The Hall–Kier alpha value is -2.13. The van der Waals surface area contributed by atoms with Gasteiger partial charge in [0.25, 0.3) is 0 Å². The van der Waals surface area contributed by atoms with E-state index in [1.54, 1.807) is 0 Å². The van der Waals surface area contributed by atoms with E-state index < -0.39 is 18.0 Å². The molecule has 3 heteroatoms. The summed E-state index contributed by atoms with van der Waals surface area (Å²) in [6, 6.07) is 9.33. The minimum atomic E-state index is -0.793. The molecule has 1 unspecified atom stereocenters. The lowest BCUT2D eigenvalue weighted by molar-refractivity contribution is -0.137. The molecule has 0 amide bonds. The number of hydrogen-bond donors (Lipinski definition) is 1. The Balaban J connectivity index is 2.31. The summed E-state index contributed by atoms with van der Waals surface area (Å²) in [7, 11) is 1.33. The summed E-state index contributed by atoms with van der Waals surface area (Å²) in [4.78, 5) is 11.9. The third-order valence-electron chi connectivity index (χ3n) is 3.81. The Morgan fingerprint density at radius 3 is 2.62 bits per heavy atom. The monoisotopic (exact) mass is 284 g/mol. The third-order valence-corrected chi connectivity index (χ3v) is 3.81. The Morgan fingerprint density at radius 1 is 1.33 bits per heavy atom. The zero-order valence-corrected chi connectivity index (χ0v) is 12.1. The predicted molar refractivity (Wildman–Crippen MR) is 82.4 cm³/mol. The van der Waals surface area contributed by atoms with Crippen LogP contribution >= 0.6 is 0 Å². The molecule has 1 aromatic carbocycles. The van der Waals surface area contributed by atoms with Crippen LogP contribution in [0.4, 0.5) is 0 Å². The second-order valence-corrected chi connectivity index (χ2v) is 5.11. The van der Waals surface area contributed by atoms with E-state index >= 15 is 0 Å². The van der Waals surface area contributed by atoms with E-state index in [1.165, 1.54) is 7.11 Å². The molecule has 3 atom stereocenters. The van der Waals surface area contributed by atoms with E-state index in [4.69, 9.17) is 4.74 Å². The van der Waals surface area contributed by atoms with Crippen LogP contribution in [0.1, 0.15) is 18.1 Å². The summed E-state index contributed by atoms with van der Waals surface area (Å²) in [5.74, 6) is -0.851. The number of carbonyl (C=O) groups is 1. The number of esters is 1. The lowest BCUT2D eigenvalue weighted by atomic mass is 9.77. The Labute approximate surface area is 125 Å². The lowest BCUT2D eigenvalue weighted by Crippen LogP contribution is -2.27. The molecule has 2 rings (SSSR count). The zero-order chi connectivity index (χ0) is 15.2. The van der Waals surface area contributed by atoms with Gasteiger partial charge in [0.05, 0.1) is 13.2 Å². The Bertz CT molecular complexity index is 557. The highest BCUT2D eigenvalue weighted by Crippen LogP contribution is 2.37. The topological polar surface area (TPSA) is 46.5 Å². The molecule has 0 saturated carbocycles. The summed E-state index contributed by atoms with van der Waals surface area (Å²) >= 11 is 0. The van der Waals surface area contributed by atoms with E-state index in [0.717, 1.165) is 12.0 Å². The number of hydrogen-bond acceptors (Lipinski definition) is 3. The summed E-state index contributed by atoms with van der Waals surface area (Å²) in [6.45, 7) is 3.86. The van der Waals surface area contributed by atoms with E-state index in [2.05, 4.69) is 6.58 Å². The summed E-state index contributed by atoms with van der Waals surface area (Å²) < 4.78 is 4.78. The molecular formula is C18H20O3. The van der Waals surface area contributed by atoms with Crippen molar-refractivity contribution in [2.45, 2.75) is 12.5 Å². The molecule has 0 aromatic heterocycles. The van der Waals surface area contributed by atoms with Gasteiger partial charge in [0, 0.05) is 11.5 Å². The summed E-state index contributed by atoms with van der Waals surface area (Å²) in [6.07, 6.45) is 7.90. The molecule has 1 aromatic rings. The normalized spacial score (nSPS) is 19.8. The highest BCUT2D eigenvalue weighted by Gasteiger charge is 2.33. The fourth-order valence-electron chi connectivity index (χ4n) is 2.67. The van der Waals surface area contributed by atoms with E-state index in [9.17, 15) is 9.90 Å². The maximum atomic E-state index is 11.9. The van der Waals surface area contributed by atoms with Crippen LogP contribution in [0.15, 0.2) is 66.8 Å². The highest BCUT2D eigenvalue weighted by atomic mass is 16.5. The highest BCUT2D eigenvalue weighted by molar-refractivity contribution is 5.88. The van der Waals surface area contributed by atoms with Gasteiger partial charge in [0.2, 0.25) is 0 Å². The van der Waals surface area contributed by atoms with E-state index in [-0.39, 0.29) is 5.92 Å². The first kappa shape index (κ1) is 15.3. The van der Waals surface area contributed by atoms with Gasteiger partial charge in [0.1, 0.15) is 0 Å². The predicted octanol–water partition coefficient (Wildman–Crippen LogP) is 3.20. The summed E-state index contributed by atoms with van der Waals surface area (Å²) in [5.41, 5.74) is 1.08. The average Bonchev–Trinajstić information content (AvgIpc) is 2.56. The number of methoxy groups -OCH3 is 1. The molecular weight excluding hydrogens is 264 g/mol. The molecule has 1 N–H and O–H groups in total. The van der Waals surface area contributed by atoms with Crippen molar-refractivity contribution in [2.24, 2.45) is 11.8 Å². The van der Waals surface area contributed by atoms with Crippen molar-refractivity contribution in [1.82, 2.24) is 0 Å². The smallest absolute Gasteiger partial charge is 0.333 e. The molecule has 110 valence electrons. The van der Waals surface area contributed by atoms with Crippen molar-refractivity contribution in [1.29, 1.82) is 0 Å². The van der Waals surface area contributed by atoms with E-state index in [0.29, 0.717) is 5.57 Å². The number of allylic oxidation sites excluding steroid dienone is 4. The van der Waals surface area contributed by atoms with Gasteiger partial charge in [0.15, 0.2) is 0 Å². The number of carbonyl (C=O) groups excluding carboxylic acids is 1. The van der Waals surface area contributed by atoms with Gasteiger partial charge in [-0.05, 0) is 17.9 Å². The van der Waals surface area contributed by atoms with Crippen molar-refractivity contribution < 1.29 is 14.6 Å². The molecule has 1 aliphatic carbocycles. The first-order chi connectivity index (χ1) is 10.1. The lowest BCUT2D eigenvalue weighted by Gasteiger charge is -2.30. The first-order valence-electron chi connectivity index (χ1n) is 6.98. The van der Waals surface area contributed by atoms with Crippen LogP contribution in [0.25, 0.3) is 0 Å². The molecule has 0 heterocycles. The second-order valence-electron chi connectivity index (χ2n) is 5.11. The van der Waals surface area contributed by atoms with Crippen LogP contribution in [-0.2, 0) is 9.53 Å². The van der Waals surface area contributed by atoms with Crippen molar-refractivity contribution in [3.63, 3.8) is 0 Å². The van der Waals surface area contributed by atoms with Crippen molar-refractivity contribution in [3.05, 3.63) is 72.4 Å². The minimum Gasteiger partial charge on any atom is -0.466 e. The summed E-state index contributed by atoms with van der Waals surface area (Å²) in [5, 5.41) is 10.7. The van der Waals surface area contributed by atoms with Crippen LogP contribution in [-0.4, -0.2) is 18.2 Å². The van der Waals surface area contributed by atoms with Crippen LogP contribution in [0.3, 0.4) is 0 Å². The molecule has 0 saturated heterocycles. The fourth-order valence-corrected chi connectivity index (χ4v) is 2.67. The standard InChI is InChI=1S/C18H20O3/c1-13(18(20)21-2)16(14-9-5-3-6-10-14)17(19)15-11-7-4-8-12-15/h3-9,11-12,14,16-17,19H,1,10H2,2H3/t14?,16-,17+/m1/s1. The van der Waals surface area contributed by atoms with E-state index in [1.807, 2.05) is 54.6 Å². The minimum absolute atomic E-state index is 0.0248. The van der Waals surface area contributed by atoms with Crippen LogP contribution in [0.2, 0.25) is 0 Å². The number of aliphatic hydroxyl groups is 1. The van der Waals surface area contributed by atoms with Crippen LogP contribution in [0, 0.1) is 11.8 Å². The van der Waals surface area contributed by atoms with Gasteiger partial charge in [-0.2, -0.15) is 0 Å². The Kier molecular flexibility index (Phi) is 5.12. The van der Waals surface area contributed by atoms with Crippen LogP contribution in [0.5, 0.6) is 0 Å². The number of ether oxygens (including phenoxy) is 1. The van der Waals surface area contributed by atoms with Gasteiger partial charge in [-0.25, -0.2) is 4.79 Å². The average molecular weight is 284 g/mol. The molecule has 21 heavy (non-hydrogen) atoms. The number of benzene rings is 1. The van der Waals surface area contributed by atoms with Crippen molar-refractivity contribution in [2.75, 3.05) is 7.11 Å².